The second-order valence-corrected chi connectivity index (χ2v) is 8.60. The molecule has 176 valence electrons. The first-order chi connectivity index (χ1) is 14.3. The number of methoxy groups -OCH3 is 1. The number of nitrogens with one attached hydrogen (secondary N) is 3. The van der Waals surface area contributed by atoms with Gasteiger partial charge in [0.15, 0.2) is 17.5 Å². The van der Waals surface area contributed by atoms with Crippen LogP contribution in [0.5, 0.6) is 11.5 Å². The van der Waals surface area contributed by atoms with Crippen LogP contribution in [0.25, 0.3) is 0 Å². The summed E-state index contributed by atoms with van der Waals surface area (Å²) in [6.45, 7) is 10.1. The highest BCUT2D eigenvalue weighted by Gasteiger charge is 2.21. The zero-order valence-electron chi connectivity index (χ0n) is 19.5. The van der Waals surface area contributed by atoms with Gasteiger partial charge in [-0.15, -0.1) is 24.0 Å². The number of carbonyl (C=O) groups excluding carboxylic acids is 1. The van der Waals surface area contributed by atoms with E-state index in [1.807, 2.05) is 45.9 Å². The standard InChI is InChI=1S/C23H38N4O3.HI/c1-6-24-22(26-15-14-25-21(28)23(2,3)4)27-16-17-10-9-13-19(29-5)20(17)30-18-11-7-8-12-18;/h9-10,13,18H,6-8,11-12,14-16H2,1-5H3,(H,25,28)(H2,24,26,27);1H. The SMILES string of the molecule is CCNC(=NCc1cccc(OC)c1OC1CCCC1)NCCNC(=O)C(C)(C)C.I. The number of carbonyl (C=O) groups is 1. The van der Waals surface area contributed by atoms with Gasteiger partial charge in [-0.3, -0.25) is 4.79 Å². The molecular weight excluding hydrogens is 507 g/mol. The molecule has 0 bridgehead atoms. The molecule has 7 nitrogen and oxygen atoms in total. The lowest BCUT2D eigenvalue weighted by Gasteiger charge is -2.19. The molecule has 0 unspecified atom stereocenters. The van der Waals surface area contributed by atoms with Crippen molar-refractivity contribution in [3.63, 3.8) is 0 Å². The van der Waals surface area contributed by atoms with E-state index in [0.29, 0.717) is 25.6 Å². The Hall–Kier alpha value is -1.71. The number of guanidine groups is 1. The van der Waals surface area contributed by atoms with Crippen molar-refractivity contribution in [3.8, 4) is 11.5 Å². The Labute approximate surface area is 204 Å². The van der Waals surface area contributed by atoms with E-state index in [0.717, 1.165) is 36.4 Å². The van der Waals surface area contributed by atoms with E-state index >= 15 is 0 Å². The maximum atomic E-state index is 12.0. The Morgan fingerprint density at radius 2 is 1.81 bits per heavy atom. The molecule has 0 saturated heterocycles. The average molecular weight is 546 g/mol. The molecule has 8 heteroatoms. The maximum absolute atomic E-state index is 12.0. The van der Waals surface area contributed by atoms with E-state index in [-0.39, 0.29) is 41.4 Å². The van der Waals surface area contributed by atoms with E-state index in [9.17, 15) is 4.79 Å². The summed E-state index contributed by atoms with van der Waals surface area (Å²) in [5.74, 6) is 2.29. The number of rotatable bonds is 9. The molecular formula is C23H39IN4O3. The zero-order valence-corrected chi connectivity index (χ0v) is 21.9. The first kappa shape index (κ1) is 27.3. The number of nitrogens with zero attached hydrogens (tertiary/aromatic N) is 1. The van der Waals surface area contributed by atoms with Gasteiger partial charge in [-0.2, -0.15) is 0 Å². The number of aliphatic imine (C=N–C) groups is 1. The van der Waals surface area contributed by atoms with E-state index in [1.54, 1.807) is 7.11 Å². The number of amides is 1. The fourth-order valence-corrected chi connectivity index (χ4v) is 3.28. The minimum Gasteiger partial charge on any atom is -0.493 e. The third-order valence-corrected chi connectivity index (χ3v) is 5.00. The van der Waals surface area contributed by atoms with Crippen LogP contribution in [0.15, 0.2) is 23.2 Å². The van der Waals surface area contributed by atoms with Crippen molar-refractivity contribution in [3.05, 3.63) is 23.8 Å². The van der Waals surface area contributed by atoms with Crippen molar-refractivity contribution in [2.75, 3.05) is 26.7 Å². The lowest BCUT2D eigenvalue weighted by molar-refractivity contribution is -0.128. The molecule has 3 N–H and O–H groups in total. The van der Waals surface area contributed by atoms with Gasteiger partial charge >= 0.3 is 0 Å². The van der Waals surface area contributed by atoms with Crippen LogP contribution in [0.4, 0.5) is 0 Å². The van der Waals surface area contributed by atoms with Crippen LogP contribution < -0.4 is 25.4 Å². The number of ether oxygens (including phenoxy) is 2. The van der Waals surface area contributed by atoms with Crippen molar-refractivity contribution in [2.24, 2.45) is 10.4 Å². The Morgan fingerprint density at radius 1 is 1.13 bits per heavy atom. The third-order valence-electron chi connectivity index (χ3n) is 5.00. The van der Waals surface area contributed by atoms with Crippen LogP contribution in [0.1, 0.15) is 58.9 Å². The molecule has 1 saturated carbocycles. The van der Waals surface area contributed by atoms with Gasteiger partial charge in [-0.1, -0.05) is 32.9 Å². The smallest absolute Gasteiger partial charge is 0.225 e. The summed E-state index contributed by atoms with van der Waals surface area (Å²) in [5, 5.41) is 9.46. The van der Waals surface area contributed by atoms with Gasteiger partial charge in [0.1, 0.15) is 0 Å². The normalized spacial score (nSPS) is 14.5. The van der Waals surface area contributed by atoms with Gasteiger partial charge in [0.25, 0.3) is 0 Å². The average Bonchev–Trinajstić information content (AvgIpc) is 3.22. The molecule has 0 radical (unpaired) electrons. The summed E-state index contributed by atoms with van der Waals surface area (Å²) < 4.78 is 11.8. The second-order valence-electron chi connectivity index (χ2n) is 8.60. The van der Waals surface area contributed by atoms with Crippen molar-refractivity contribution in [1.82, 2.24) is 16.0 Å². The Balaban J connectivity index is 0.00000480. The molecule has 2 rings (SSSR count). The molecule has 1 aliphatic carbocycles. The minimum absolute atomic E-state index is 0. The molecule has 0 atom stereocenters. The minimum atomic E-state index is -0.388. The molecule has 0 aromatic heterocycles. The summed E-state index contributed by atoms with van der Waals surface area (Å²) in [7, 11) is 1.67. The third kappa shape index (κ3) is 9.13. The monoisotopic (exact) mass is 546 g/mol. The fraction of sp³-hybridized carbons (Fsp3) is 0.652. The first-order valence-corrected chi connectivity index (χ1v) is 11.0. The number of para-hydroxylation sites is 1. The van der Waals surface area contributed by atoms with Crippen LogP contribution in [-0.2, 0) is 11.3 Å². The van der Waals surface area contributed by atoms with Gasteiger partial charge < -0.3 is 25.4 Å². The number of halogens is 1. The van der Waals surface area contributed by atoms with Crippen molar-refractivity contribution < 1.29 is 14.3 Å². The topological polar surface area (TPSA) is 84.0 Å². The number of benzene rings is 1. The van der Waals surface area contributed by atoms with Gasteiger partial charge in [0.05, 0.1) is 19.8 Å². The summed E-state index contributed by atoms with van der Waals surface area (Å²) in [5.41, 5.74) is 0.611. The quantitative estimate of drug-likeness (QED) is 0.190. The largest absolute Gasteiger partial charge is 0.493 e. The molecule has 0 spiro atoms. The second kappa shape index (κ2) is 13.6. The summed E-state index contributed by atoms with van der Waals surface area (Å²) in [6.07, 6.45) is 4.86. The van der Waals surface area contributed by atoms with Gasteiger partial charge in [0.2, 0.25) is 5.91 Å². The maximum Gasteiger partial charge on any atom is 0.225 e. The first-order valence-electron chi connectivity index (χ1n) is 11.0. The molecule has 1 fully saturated rings. The highest BCUT2D eigenvalue weighted by molar-refractivity contribution is 14.0. The Morgan fingerprint density at radius 3 is 2.42 bits per heavy atom. The zero-order chi connectivity index (χ0) is 22.0. The Kier molecular flexibility index (Phi) is 12.0. The predicted molar refractivity (Wildman–Crippen MR) is 137 cm³/mol. The van der Waals surface area contributed by atoms with Crippen LogP contribution in [0.2, 0.25) is 0 Å². The summed E-state index contributed by atoms with van der Waals surface area (Å²) >= 11 is 0. The summed E-state index contributed by atoms with van der Waals surface area (Å²) in [6, 6.07) is 5.93. The predicted octanol–water partition coefficient (Wildman–Crippen LogP) is 3.85. The van der Waals surface area contributed by atoms with Crippen molar-refractivity contribution in [2.45, 2.75) is 66.0 Å². The van der Waals surface area contributed by atoms with Gasteiger partial charge in [-0.05, 0) is 38.7 Å². The van der Waals surface area contributed by atoms with E-state index in [4.69, 9.17) is 14.5 Å². The molecule has 0 aliphatic heterocycles. The van der Waals surface area contributed by atoms with Crippen LogP contribution in [0.3, 0.4) is 0 Å². The number of hydrogen-bond donors (Lipinski definition) is 3. The summed E-state index contributed by atoms with van der Waals surface area (Å²) in [4.78, 5) is 16.7. The number of hydrogen-bond acceptors (Lipinski definition) is 4. The van der Waals surface area contributed by atoms with Gasteiger partial charge in [0, 0.05) is 30.6 Å². The highest BCUT2D eigenvalue weighted by Crippen LogP contribution is 2.35. The van der Waals surface area contributed by atoms with Crippen LogP contribution in [0, 0.1) is 5.41 Å². The van der Waals surface area contributed by atoms with Gasteiger partial charge in [-0.25, -0.2) is 4.99 Å². The molecule has 1 aromatic carbocycles. The molecule has 0 heterocycles. The lowest BCUT2D eigenvalue weighted by Crippen LogP contribution is -2.43. The van der Waals surface area contributed by atoms with Crippen molar-refractivity contribution >= 4 is 35.8 Å². The van der Waals surface area contributed by atoms with E-state index in [2.05, 4.69) is 16.0 Å². The van der Waals surface area contributed by atoms with E-state index in [1.165, 1.54) is 12.8 Å². The molecule has 1 aliphatic rings. The van der Waals surface area contributed by atoms with E-state index < -0.39 is 0 Å². The highest BCUT2D eigenvalue weighted by atomic mass is 127. The molecule has 1 amide bonds. The van der Waals surface area contributed by atoms with Crippen LogP contribution in [-0.4, -0.2) is 44.7 Å². The molecule has 1 aromatic rings. The van der Waals surface area contributed by atoms with Crippen LogP contribution >= 0.6 is 24.0 Å². The molecule has 31 heavy (non-hydrogen) atoms. The Bertz CT molecular complexity index is 713. The van der Waals surface area contributed by atoms with Crippen molar-refractivity contribution in [1.29, 1.82) is 0 Å². The fourth-order valence-electron chi connectivity index (χ4n) is 3.28. The lowest BCUT2D eigenvalue weighted by atomic mass is 9.96.